The number of aromatic nitrogens is 2. The van der Waals surface area contributed by atoms with Gasteiger partial charge in [-0.15, -0.1) is 0 Å². The van der Waals surface area contributed by atoms with E-state index in [9.17, 15) is 4.79 Å². The molecular weight excluding hydrogens is 190 g/mol. The van der Waals surface area contributed by atoms with Gasteiger partial charge in [-0.1, -0.05) is 11.8 Å². The van der Waals surface area contributed by atoms with Crippen molar-refractivity contribution < 1.29 is 4.79 Å². The topological polar surface area (TPSA) is 60.9 Å². The predicted molar refractivity (Wildman–Crippen MR) is 57.9 cm³/mol. The minimum Gasteiger partial charge on any atom is -0.369 e. The summed E-state index contributed by atoms with van der Waals surface area (Å²) in [7, 11) is 0. The Kier molecular flexibility index (Phi) is 3.15. The first kappa shape index (κ1) is 11.3. The van der Waals surface area contributed by atoms with E-state index in [1.54, 1.807) is 6.20 Å². The van der Waals surface area contributed by atoms with Crippen LogP contribution in [0.1, 0.15) is 32.8 Å². The molecule has 2 N–H and O–H groups in total. The second-order valence-electron chi connectivity index (χ2n) is 4.29. The Labute approximate surface area is 89.5 Å². The Hall–Kier alpha value is -1.76. The van der Waals surface area contributed by atoms with Crippen LogP contribution in [-0.2, 0) is 10.3 Å². The average molecular weight is 205 g/mol. The van der Waals surface area contributed by atoms with Gasteiger partial charge in [-0.25, -0.2) is 0 Å². The van der Waals surface area contributed by atoms with Crippen molar-refractivity contribution in [2.75, 3.05) is 0 Å². The minimum atomic E-state index is -0.411. The summed E-state index contributed by atoms with van der Waals surface area (Å²) in [6.07, 6.45) is 3.62. The van der Waals surface area contributed by atoms with Crippen LogP contribution in [0.2, 0.25) is 0 Å². The number of amides is 1. The average Bonchev–Trinajstić information content (AvgIpc) is 2.51. The van der Waals surface area contributed by atoms with Crippen molar-refractivity contribution >= 4 is 5.91 Å². The summed E-state index contributed by atoms with van der Waals surface area (Å²) in [5.41, 5.74) is 5.71. The molecular formula is C11H15N3O. The van der Waals surface area contributed by atoms with Crippen molar-refractivity contribution in [2.45, 2.75) is 32.7 Å². The molecule has 4 heteroatoms. The molecule has 0 radical (unpaired) electrons. The summed E-state index contributed by atoms with van der Waals surface area (Å²) in [5.74, 6) is 5.11. The molecule has 0 spiro atoms. The molecule has 0 aliphatic carbocycles. The van der Waals surface area contributed by atoms with Gasteiger partial charge in [0.25, 0.3) is 0 Å². The van der Waals surface area contributed by atoms with Crippen LogP contribution >= 0.6 is 0 Å². The Morgan fingerprint density at radius 1 is 1.60 bits per heavy atom. The lowest BCUT2D eigenvalue weighted by molar-refractivity contribution is -0.117. The number of hydrogen-bond donors (Lipinski definition) is 1. The first-order chi connectivity index (χ1) is 6.89. The third kappa shape index (κ3) is 3.47. The Balaban J connectivity index is 2.76. The van der Waals surface area contributed by atoms with Gasteiger partial charge in [0.15, 0.2) is 0 Å². The number of nitrogens with zero attached hydrogens (tertiary/aromatic N) is 2. The SMILES string of the molecule is CC(C)(C)n1cc(C#CCC(N)=O)cn1. The van der Waals surface area contributed by atoms with E-state index >= 15 is 0 Å². The summed E-state index contributed by atoms with van der Waals surface area (Å²) in [6.45, 7) is 6.17. The van der Waals surface area contributed by atoms with E-state index in [4.69, 9.17) is 5.73 Å². The van der Waals surface area contributed by atoms with E-state index in [1.165, 1.54) is 0 Å². The lowest BCUT2D eigenvalue weighted by atomic mass is 10.1. The van der Waals surface area contributed by atoms with Crippen molar-refractivity contribution in [3.63, 3.8) is 0 Å². The molecule has 0 bridgehead atoms. The fourth-order valence-electron chi connectivity index (χ4n) is 0.988. The van der Waals surface area contributed by atoms with Crippen molar-refractivity contribution in [2.24, 2.45) is 5.73 Å². The van der Waals surface area contributed by atoms with Crippen LogP contribution in [0.25, 0.3) is 0 Å². The van der Waals surface area contributed by atoms with Gasteiger partial charge in [-0.2, -0.15) is 5.10 Å². The number of rotatable bonds is 1. The summed E-state index contributed by atoms with van der Waals surface area (Å²) < 4.78 is 1.83. The molecule has 4 nitrogen and oxygen atoms in total. The molecule has 0 aliphatic heterocycles. The van der Waals surface area contributed by atoms with Gasteiger partial charge in [0, 0.05) is 6.20 Å². The van der Waals surface area contributed by atoms with E-state index in [0.717, 1.165) is 5.56 Å². The molecule has 0 saturated heterocycles. The molecule has 0 fully saturated rings. The normalized spacial score (nSPS) is 10.6. The zero-order valence-corrected chi connectivity index (χ0v) is 9.24. The molecule has 0 saturated carbocycles. The van der Waals surface area contributed by atoms with Gasteiger partial charge in [0.1, 0.15) is 0 Å². The fourth-order valence-corrected chi connectivity index (χ4v) is 0.988. The van der Waals surface area contributed by atoms with Gasteiger partial charge < -0.3 is 5.73 Å². The molecule has 1 rings (SSSR count). The number of nitrogens with two attached hydrogens (primary N) is 1. The van der Waals surface area contributed by atoms with E-state index in [2.05, 4.69) is 37.7 Å². The zero-order chi connectivity index (χ0) is 11.5. The second-order valence-corrected chi connectivity index (χ2v) is 4.29. The van der Waals surface area contributed by atoms with E-state index < -0.39 is 5.91 Å². The monoisotopic (exact) mass is 205 g/mol. The molecule has 1 aromatic heterocycles. The Morgan fingerprint density at radius 3 is 2.73 bits per heavy atom. The summed E-state index contributed by atoms with van der Waals surface area (Å²) in [5, 5.41) is 4.18. The van der Waals surface area contributed by atoms with Crippen molar-refractivity contribution in [1.82, 2.24) is 9.78 Å². The highest BCUT2D eigenvalue weighted by Gasteiger charge is 2.12. The highest BCUT2D eigenvalue weighted by Crippen LogP contribution is 2.12. The first-order valence-corrected chi connectivity index (χ1v) is 4.72. The van der Waals surface area contributed by atoms with Gasteiger partial charge in [0.05, 0.1) is 23.7 Å². The third-order valence-corrected chi connectivity index (χ3v) is 1.77. The van der Waals surface area contributed by atoms with E-state index in [-0.39, 0.29) is 12.0 Å². The molecule has 1 heterocycles. The van der Waals surface area contributed by atoms with Crippen LogP contribution < -0.4 is 5.73 Å². The molecule has 0 unspecified atom stereocenters. The number of carbonyl (C=O) groups is 1. The highest BCUT2D eigenvalue weighted by atomic mass is 16.1. The molecule has 0 aliphatic rings. The van der Waals surface area contributed by atoms with Crippen molar-refractivity contribution in [3.8, 4) is 11.8 Å². The summed E-state index contributed by atoms with van der Waals surface area (Å²) >= 11 is 0. The van der Waals surface area contributed by atoms with Crippen molar-refractivity contribution in [3.05, 3.63) is 18.0 Å². The Bertz CT molecular complexity index is 415. The van der Waals surface area contributed by atoms with Crippen LogP contribution in [-0.4, -0.2) is 15.7 Å². The van der Waals surface area contributed by atoms with Gasteiger partial charge in [-0.3, -0.25) is 9.48 Å². The number of carbonyl (C=O) groups excluding carboxylic acids is 1. The maximum absolute atomic E-state index is 10.5. The molecule has 1 aromatic rings. The summed E-state index contributed by atoms with van der Waals surface area (Å²) in [6, 6.07) is 0. The quantitative estimate of drug-likeness (QED) is 0.691. The second kappa shape index (κ2) is 4.18. The molecule has 15 heavy (non-hydrogen) atoms. The largest absolute Gasteiger partial charge is 0.369 e. The lowest BCUT2D eigenvalue weighted by Gasteiger charge is -2.18. The van der Waals surface area contributed by atoms with Crippen LogP contribution in [0.4, 0.5) is 0 Å². The van der Waals surface area contributed by atoms with Crippen LogP contribution in [0, 0.1) is 11.8 Å². The first-order valence-electron chi connectivity index (χ1n) is 4.72. The van der Waals surface area contributed by atoms with Crippen LogP contribution in [0.5, 0.6) is 0 Å². The Morgan fingerprint density at radius 2 is 2.27 bits per heavy atom. The van der Waals surface area contributed by atoms with Gasteiger partial charge >= 0.3 is 0 Å². The standard InChI is InChI=1S/C11H15N3O/c1-11(2,3)14-8-9(7-13-14)5-4-6-10(12)15/h7-8H,6H2,1-3H3,(H2,12,15). The molecule has 80 valence electrons. The smallest absolute Gasteiger partial charge is 0.229 e. The van der Waals surface area contributed by atoms with Gasteiger partial charge in [0.2, 0.25) is 5.91 Å². The highest BCUT2D eigenvalue weighted by molar-refractivity contribution is 5.76. The van der Waals surface area contributed by atoms with E-state index in [0.29, 0.717) is 0 Å². The van der Waals surface area contributed by atoms with Crippen LogP contribution in [0.15, 0.2) is 12.4 Å². The van der Waals surface area contributed by atoms with Gasteiger partial charge in [-0.05, 0) is 20.8 Å². The summed E-state index contributed by atoms with van der Waals surface area (Å²) in [4.78, 5) is 10.5. The maximum Gasteiger partial charge on any atom is 0.229 e. The predicted octanol–water partition coefficient (Wildman–Crippen LogP) is 0.865. The third-order valence-electron chi connectivity index (χ3n) is 1.77. The molecule has 0 atom stereocenters. The van der Waals surface area contributed by atoms with Crippen LogP contribution in [0.3, 0.4) is 0 Å². The minimum absolute atomic E-state index is 0.0520. The van der Waals surface area contributed by atoms with E-state index in [1.807, 2.05) is 10.9 Å². The van der Waals surface area contributed by atoms with Crippen molar-refractivity contribution in [1.29, 1.82) is 0 Å². The fraction of sp³-hybridized carbons (Fsp3) is 0.455. The zero-order valence-electron chi connectivity index (χ0n) is 9.24. The number of primary amides is 1. The maximum atomic E-state index is 10.5. The molecule has 0 aromatic carbocycles. The lowest BCUT2D eigenvalue weighted by Crippen LogP contribution is -2.21. The molecule has 1 amide bonds. The number of hydrogen-bond acceptors (Lipinski definition) is 2.